The maximum atomic E-state index is 13.1. The second-order valence-corrected chi connectivity index (χ2v) is 9.06. The number of halogens is 3. The number of hydrogen-bond donors (Lipinski definition) is 1. The number of carbonyl (C=O) groups excluding carboxylic acids is 1. The van der Waals surface area contributed by atoms with E-state index in [-0.39, 0.29) is 11.4 Å². The maximum Gasteiger partial charge on any atom is 0.490 e. The standard InChI is InChI=1S/C22H25N5O2.C2HF3O2/c1-16-6-3-4-7-17(16)21(28)26-11-9-22(10-12-26)15-25(2)14-19-23-24-20(27(19)22)18-8-5-13-29-18;3-2(4,5)1(6)7/h3-8,13H,9-12,14-15H2,1-2H3;(H,6,7). The number of furan rings is 1. The number of hydrogen-bond acceptors (Lipinski definition) is 6. The van der Waals surface area contributed by atoms with Gasteiger partial charge >= 0.3 is 12.1 Å². The Morgan fingerprint density at radius 1 is 1.08 bits per heavy atom. The van der Waals surface area contributed by atoms with Crippen LogP contribution in [0.15, 0.2) is 47.1 Å². The highest BCUT2D eigenvalue weighted by Crippen LogP contribution is 2.39. The molecule has 1 spiro atoms. The molecule has 0 aliphatic carbocycles. The Morgan fingerprint density at radius 3 is 2.33 bits per heavy atom. The van der Waals surface area contributed by atoms with Crippen LogP contribution in [0.3, 0.4) is 0 Å². The number of likely N-dealkylation sites (tertiary alicyclic amines) is 1. The number of nitrogens with zero attached hydrogens (tertiary/aromatic N) is 5. The van der Waals surface area contributed by atoms with Gasteiger partial charge in [-0.25, -0.2) is 4.79 Å². The van der Waals surface area contributed by atoms with Crippen molar-refractivity contribution in [1.82, 2.24) is 24.6 Å². The van der Waals surface area contributed by atoms with Crippen molar-refractivity contribution in [2.75, 3.05) is 26.7 Å². The average molecular weight is 505 g/mol. The summed E-state index contributed by atoms with van der Waals surface area (Å²) in [4.78, 5) is 26.3. The molecule has 0 unspecified atom stereocenters. The third-order valence-corrected chi connectivity index (χ3v) is 6.52. The average Bonchev–Trinajstić information content (AvgIpc) is 3.49. The molecule has 2 aromatic heterocycles. The monoisotopic (exact) mass is 505 g/mol. The molecule has 0 bridgehead atoms. The Labute approximate surface area is 205 Å². The van der Waals surface area contributed by atoms with E-state index >= 15 is 0 Å². The van der Waals surface area contributed by atoms with Gasteiger partial charge in [0.25, 0.3) is 5.91 Å². The predicted molar refractivity (Wildman–Crippen MR) is 122 cm³/mol. The summed E-state index contributed by atoms with van der Waals surface area (Å²) in [5.74, 6) is -0.142. The molecule has 1 N–H and O–H groups in total. The molecule has 4 heterocycles. The second kappa shape index (κ2) is 9.76. The zero-order chi connectivity index (χ0) is 26.1. The van der Waals surface area contributed by atoms with E-state index in [4.69, 9.17) is 14.3 Å². The molecule has 36 heavy (non-hydrogen) atoms. The molecule has 0 atom stereocenters. The molecule has 5 rings (SSSR count). The van der Waals surface area contributed by atoms with Gasteiger partial charge < -0.3 is 14.4 Å². The van der Waals surface area contributed by atoms with Crippen LogP contribution in [-0.2, 0) is 16.9 Å². The van der Waals surface area contributed by atoms with Crippen LogP contribution in [0.25, 0.3) is 11.6 Å². The number of aromatic nitrogens is 3. The fourth-order valence-electron chi connectivity index (χ4n) is 4.84. The lowest BCUT2D eigenvalue weighted by Gasteiger charge is -2.48. The first kappa shape index (κ1) is 25.4. The molecule has 192 valence electrons. The lowest BCUT2D eigenvalue weighted by molar-refractivity contribution is -0.192. The molecule has 0 saturated carbocycles. The first-order valence-corrected chi connectivity index (χ1v) is 11.3. The number of alkyl halides is 3. The first-order valence-electron chi connectivity index (χ1n) is 11.3. The van der Waals surface area contributed by atoms with Crippen molar-refractivity contribution in [2.45, 2.75) is 38.0 Å². The molecular formula is C24H26F3N5O4. The van der Waals surface area contributed by atoms with E-state index < -0.39 is 12.1 Å². The zero-order valence-electron chi connectivity index (χ0n) is 19.8. The number of piperidine rings is 1. The van der Waals surface area contributed by atoms with Gasteiger partial charge in [-0.2, -0.15) is 13.2 Å². The number of aliphatic carboxylic acids is 1. The van der Waals surface area contributed by atoms with Crippen LogP contribution in [0.1, 0.15) is 34.6 Å². The van der Waals surface area contributed by atoms with Crippen LogP contribution in [0.2, 0.25) is 0 Å². The van der Waals surface area contributed by atoms with Crippen LogP contribution < -0.4 is 0 Å². The van der Waals surface area contributed by atoms with Crippen molar-refractivity contribution in [3.8, 4) is 11.6 Å². The lowest BCUT2D eigenvalue weighted by atomic mass is 9.84. The van der Waals surface area contributed by atoms with Gasteiger partial charge in [-0.1, -0.05) is 18.2 Å². The summed E-state index contributed by atoms with van der Waals surface area (Å²) in [5, 5.41) is 16.0. The third kappa shape index (κ3) is 4.99. The highest BCUT2D eigenvalue weighted by molar-refractivity contribution is 5.95. The second-order valence-electron chi connectivity index (χ2n) is 9.06. The van der Waals surface area contributed by atoms with Gasteiger partial charge in [0.1, 0.15) is 5.82 Å². The molecule has 1 aromatic carbocycles. The van der Waals surface area contributed by atoms with E-state index in [0.29, 0.717) is 0 Å². The number of benzene rings is 1. The molecule has 2 aliphatic rings. The molecule has 1 amide bonds. The van der Waals surface area contributed by atoms with Crippen LogP contribution in [0, 0.1) is 6.92 Å². The van der Waals surface area contributed by atoms with Crippen molar-refractivity contribution in [3.63, 3.8) is 0 Å². The van der Waals surface area contributed by atoms with E-state index in [1.54, 1.807) is 6.26 Å². The summed E-state index contributed by atoms with van der Waals surface area (Å²) < 4.78 is 39.6. The largest absolute Gasteiger partial charge is 0.490 e. The van der Waals surface area contributed by atoms with Crippen LogP contribution in [0.4, 0.5) is 13.2 Å². The summed E-state index contributed by atoms with van der Waals surface area (Å²) in [7, 11) is 2.12. The van der Waals surface area contributed by atoms with Gasteiger partial charge in [-0.3, -0.25) is 14.3 Å². The van der Waals surface area contributed by atoms with E-state index in [1.807, 2.05) is 48.2 Å². The van der Waals surface area contributed by atoms with Gasteiger partial charge in [0.2, 0.25) is 0 Å². The minimum Gasteiger partial charge on any atom is -0.475 e. The highest BCUT2D eigenvalue weighted by atomic mass is 19.4. The molecule has 9 nitrogen and oxygen atoms in total. The van der Waals surface area contributed by atoms with Crippen molar-refractivity contribution >= 4 is 11.9 Å². The molecule has 12 heteroatoms. The van der Waals surface area contributed by atoms with E-state index in [2.05, 4.69) is 26.7 Å². The number of amides is 1. The molecule has 1 fully saturated rings. The van der Waals surface area contributed by atoms with Crippen molar-refractivity contribution in [3.05, 3.63) is 59.6 Å². The van der Waals surface area contributed by atoms with E-state index in [0.717, 1.165) is 67.6 Å². The first-order chi connectivity index (χ1) is 17.0. The van der Waals surface area contributed by atoms with Gasteiger partial charge in [-0.15, -0.1) is 10.2 Å². The fraction of sp³-hybridized carbons (Fsp3) is 0.417. The molecule has 1 saturated heterocycles. The fourth-order valence-corrected chi connectivity index (χ4v) is 4.84. The molecular weight excluding hydrogens is 479 g/mol. The number of carbonyl (C=O) groups is 2. The molecule has 2 aliphatic heterocycles. The van der Waals surface area contributed by atoms with Crippen molar-refractivity contribution < 1.29 is 32.3 Å². The van der Waals surface area contributed by atoms with Crippen molar-refractivity contribution in [1.29, 1.82) is 0 Å². The molecule has 0 radical (unpaired) electrons. The highest BCUT2D eigenvalue weighted by Gasteiger charge is 2.44. The van der Waals surface area contributed by atoms with Crippen molar-refractivity contribution in [2.24, 2.45) is 0 Å². The SMILES string of the molecule is Cc1ccccc1C(=O)N1CCC2(CC1)CN(C)Cc1nnc(-c3ccco3)n12.O=C(O)C(F)(F)F. The zero-order valence-corrected chi connectivity index (χ0v) is 19.8. The van der Waals surface area contributed by atoms with Gasteiger partial charge in [-0.05, 0) is 50.6 Å². The number of aryl methyl sites for hydroxylation is 1. The molecule has 3 aromatic rings. The lowest BCUT2D eigenvalue weighted by Crippen LogP contribution is -2.56. The number of rotatable bonds is 2. The quantitative estimate of drug-likeness (QED) is 0.568. The summed E-state index contributed by atoms with van der Waals surface area (Å²) in [6, 6.07) is 11.6. The smallest absolute Gasteiger partial charge is 0.475 e. The Bertz CT molecular complexity index is 1230. The van der Waals surface area contributed by atoms with Gasteiger partial charge in [0, 0.05) is 25.2 Å². The maximum absolute atomic E-state index is 13.1. The summed E-state index contributed by atoms with van der Waals surface area (Å²) in [6.45, 7) is 5.11. The topological polar surface area (TPSA) is 105 Å². The predicted octanol–water partition coefficient (Wildman–Crippen LogP) is 3.56. The van der Waals surface area contributed by atoms with E-state index in [9.17, 15) is 18.0 Å². The number of likely N-dealkylation sites (N-methyl/N-ethyl adjacent to an activating group) is 1. The number of fused-ring (bicyclic) bond motifs is 2. The van der Waals surface area contributed by atoms with Gasteiger partial charge in [0.15, 0.2) is 11.6 Å². The van der Waals surface area contributed by atoms with Crippen LogP contribution >= 0.6 is 0 Å². The normalized spacial score (nSPS) is 17.3. The van der Waals surface area contributed by atoms with Gasteiger partial charge in [0.05, 0.1) is 18.3 Å². The van der Waals surface area contributed by atoms with Crippen LogP contribution in [0.5, 0.6) is 0 Å². The summed E-state index contributed by atoms with van der Waals surface area (Å²) in [6.07, 6.45) is -1.68. The van der Waals surface area contributed by atoms with E-state index in [1.165, 1.54) is 0 Å². The number of carboxylic acids is 1. The Morgan fingerprint density at radius 2 is 1.75 bits per heavy atom. The summed E-state index contributed by atoms with van der Waals surface area (Å²) in [5.41, 5.74) is 1.69. The minimum absolute atomic E-state index is 0.123. The minimum atomic E-state index is -5.08. The van der Waals surface area contributed by atoms with Crippen LogP contribution in [-0.4, -0.2) is 74.4 Å². The number of carboxylic acid groups (broad SMARTS) is 1. The summed E-state index contributed by atoms with van der Waals surface area (Å²) >= 11 is 0. The Kier molecular flexibility index (Phi) is 6.90. The Balaban J connectivity index is 0.000000384. The Hall–Kier alpha value is -3.67. The third-order valence-electron chi connectivity index (χ3n) is 6.52.